The van der Waals surface area contributed by atoms with E-state index in [-0.39, 0.29) is 0 Å². The standard InChI is InChI=1S/C19H22ClN5O/c1-9(2)25-15(4-14(23-25)10-3-13(20)18(21)22-5-10)19-12-6-24(11-7-26-8-11)17(19)16(12)19/h3-5,9,11-12,16-17H,6-8H2,1-2H3,(H2,21,22)/t12-,16-,17?,19-/m1/s1. The van der Waals surface area contributed by atoms with E-state index in [9.17, 15) is 0 Å². The fourth-order valence-electron chi connectivity index (χ4n) is 5.48. The summed E-state index contributed by atoms with van der Waals surface area (Å²) in [6.07, 6.45) is 1.76. The molecule has 5 aliphatic rings. The quantitative estimate of drug-likeness (QED) is 0.893. The first kappa shape index (κ1) is 15.4. The molecule has 7 heteroatoms. The molecule has 5 fully saturated rings. The summed E-state index contributed by atoms with van der Waals surface area (Å²) in [5.74, 6) is 1.97. The van der Waals surface area contributed by atoms with Gasteiger partial charge >= 0.3 is 0 Å². The van der Waals surface area contributed by atoms with Gasteiger partial charge in [0, 0.05) is 41.5 Å². The lowest BCUT2D eigenvalue weighted by Gasteiger charge is -2.34. The molecular formula is C19H22ClN5O. The normalized spacial score (nSPS) is 34.8. The van der Waals surface area contributed by atoms with Crippen LogP contribution in [-0.2, 0) is 10.2 Å². The first-order valence-electron chi connectivity index (χ1n) is 9.38. The van der Waals surface area contributed by atoms with Gasteiger partial charge in [0.05, 0.1) is 30.0 Å². The van der Waals surface area contributed by atoms with E-state index in [0.717, 1.165) is 36.3 Å². The minimum Gasteiger partial charge on any atom is -0.382 e. The van der Waals surface area contributed by atoms with Crippen LogP contribution in [0.2, 0.25) is 5.02 Å². The second-order valence-corrected chi connectivity index (χ2v) is 8.85. The first-order valence-corrected chi connectivity index (χ1v) is 9.76. The maximum absolute atomic E-state index is 6.18. The highest BCUT2D eigenvalue weighted by atomic mass is 35.5. The molecule has 0 radical (unpaired) electrons. The average Bonchev–Trinajstić information content (AvgIpc) is 3.13. The van der Waals surface area contributed by atoms with Crippen molar-refractivity contribution in [2.24, 2.45) is 11.8 Å². The highest BCUT2D eigenvalue weighted by Crippen LogP contribution is 2.86. The number of hydrogen-bond donors (Lipinski definition) is 1. The molecule has 2 N–H and O–H groups in total. The number of hydrogen-bond acceptors (Lipinski definition) is 5. The summed E-state index contributed by atoms with van der Waals surface area (Å²) in [4.78, 5) is 6.89. The Morgan fingerprint density at radius 3 is 2.77 bits per heavy atom. The summed E-state index contributed by atoms with van der Waals surface area (Å²) in [6, 6.07) is 5.77. The molecular weight excluding hydrogens is 350 g/mol. The Bertz CT molecular complexity index is 917. The van der Waals surface area contributed by atoms with Crippen LogP contribution in [0.4, 0.5) is 5.82 Å². The summed E-state index contributed by atoms with van der Waals surface area (Å²) in [6.45, 7) is 7.42. The van der Waals surface area contributed by atoms with E-state index < -0.39 is 0 Å². The number of pyridine rings is 1. The number of nitrogen functional groups attached to an aromatic ring is 1. The molecule has 3 saturated heterocycles. The van der Waals surface area contributed by atoms with Crippen molar-refractivity contribution in [2.75, 3.05) is 25.5 Å². The van der Waals surface area contributed by atoms with Gasteiger partial charge in [0.25, 0.3) is 0 Å². The second kappa shape index (κ2) is 4.80. The Morgan fingerprint density at radius 2 is 2.15 bits per heavy atom. The highest BCUT2D eigenvalue weighted by molar-refractivity contribution is 6.33. The zero-order valence-corrected chi connectivity index (χ0v) is 15.6. The van der Waals surface area contributed by atoms with Crippen molar-refractivity contribution >= 4 is 17.4 Å². The van der Waals surface area contributed by atoms with Crippen LogP contribution in [0.5, 0.6) is 0 Å². The third kappa shape index (κ3) is 1.71. The van der Waals surface area contributed by atoms with Crippen LogP contribution in [-0.4, -0.2) is 51.5 Å². The van der Waals surface area contributed by atoms with Crippen molar-refractivity contribution in [3.8, 4) is 11.3 Å². The lowest BCUT2D eigenvalue weighted by molar-refractivity contribution is -0.0601. The number of ether oxygens (including phenoxy) is 1. The molecule has 0 amide bonds. The first-order chi connectivity index (χ1) is 12.5. The molecule has 6 nitrogen and oxygen atoms in total. The van der Waals surface area contributed by atoms with Gasteiger partial charge in [-0.2, -0.15) is 5.10 Å². The van der Waals surface area contributed by atoms with Crippen molar-refractivity contribution in [3.63, 3.8) is 0 Å². The van der Waals surface area contributed by atoms with Crippen LogP contribution in [0.15, 0.2) is 18.3 Å². The van der Waals surface area contributed by atoms with Crippen molar-refractivity contribution < 1.29 is 4.74 Å². The monoisotopic (exact) mass is 371 g/mol. The van der Waals surface area contributed by atoms with E-state index in [1.54, 1.807) is 6.20 Å². The third-order valence-electron chi connectivity index (χ3n) is 6.90. The van der Waals surface area contributed by atoms with Crippen molar-refractivity contribution in [1.29, 1.82) is 0 Å². The van der Waals surface area contributed by atoms with E-state index in [1.165, 1.54) is 12.2 Å². The maximum atomic E-state index is 6.18. The van der Waals surface area contributed by atoms with Gasteiger partial charge < -0.3 is 10.5 Å². The van der Waals surface area contributed by atoms with E-state index in [1.807, 2.05) is 6.07 Å². The summed E-state index contributed by atoms with van der Waals surface area (Å²) in [7, 11) is 0. The van der Waals surface area contributed by atoms with Gasteiger partial charge in [-0.15, -0.1) is 0 Å². The lowest BCUT2D eigenvalue weighted by atomic mass is 10.0. The molecule has 3 aliphatic heterocycles. The molecule has 26 heavy (non-hydrogen) atoms. The zero-order chi connectivity index (χ0) is 17.8. The minimum absolute atomic E-state index is 0.326. The highest BCUT2D eigenvalue weighted by Gasteiger charge is 2.94. The van der Waals surface area contributed by atoms with Gasteiger partial charge in [0.15, 0.2) is 0 Å². The molecule has 4 atom stereocenters. The van der Waals surface area contributed by atoms with Crippen molar-refractivity contribution in [3.05, 3.63) is 29.0 Å². The second-order valence-electron chi connectivity index (χ2n) is 8.44. The number of halogens is 1. The third-order valence-corrected chi connectivity index (χ3v) is 7.20. The molecule has 2 bridgehead atoms. The van der Waals surface area contributed by atoms with Gasteiger partial charge in [0.1, 0.15) is 5.82 Å². The predicted octanol–water partition coefficient (Wildman–Crippen LogP) is 2.34. The largest absolute Gasteiger partial charge is 0.382 e. The maximum Gasteiger partial charge on any atom is 0.142 e. The fourth-order valence-corrected chi connectivity index (χ4v) is 5.64. The molecule has 0 aromatic carbocycles. The van der Waals surface area contributed by atoms with E-state index in [4.69, 9.17) is 27.2 Å². The van der Waals surface area contributed by atoms with Crippen LogP contribution < -0.4 is 5.73 Å². The van der Waals surface area contributed by atoms with Crippen LogP contribution >= 0.6 is 11.6 Å². The Labute approximate surface area is 157 Å². The Hall–Kier alpha value is -1.63. The molecule has 1 unspecified atom stereocenters. The fraction of sp³-hybridized carbons (Fsp3) is 0.579. The summed E-state index contributed by atoms with van der Waals surface area (Å²) in [5.41, 5.74) is 9.34. The number of piperidine rings is 1. The van der Waals surface area contributed by atoms with Crippen molar-refractivity contribution in [1.82, 2.24) is 19.7 Å². The Morgan fingerprint density at radius 1 is 1.35 bits per heavy atom. The van der Waals surface area contributed by atoms with E-state index >= 15 is 0 Å². The molecule has 136 valence electrons. The smallest absolute Gasteiger partial charge is 0.142 e. The molecule has 2 saturated carbocycles. The van der Waals surface area contributed by atoms with Gasteiger partial charge in [-0.1, -0.05) is 11.6 Å². The predicted molar refractivity (Wildman–Crippen MR) is 99.0 cm³/mol. The summed E-state index contributed by atoms with van der Waals surface area (Å²) < 4.78 is 7.63. The van der Waals surface area contributed by atoms with E-state index in [0.29, 0.717) is 34.4 Å². The number of aromatic nitrogens is 3. The number of rotatable bonds is 4. The Kier molecular flexibility index (Phi) is 2.85. The number of nitrogens with zero attached hydrogens (tertiary/aromatic N) is 4. The molecule has 0 spiro atoms. The van der Waals surface area contributed by atoms with Crippen LogP contribution in [0.25, 0.3) is 11.3 Å². The molecule has 5 heterocycles. The number of anilines is 1. The SMILES string of the molecule is CC(C)n1nc(-c2cnc(N)c(Cl)c2)cc1[C@@]12C3[C@H]1[C@H]2CN3C1COC1. The van der Waals surface area contributed by atoms with Crippen LogP contribution in [0.3, 0.4) is 0 Å². The molecule has 2 aromatic heterocycles. The van der Waals surface area contributed by atoms with Gasteiger partial charge in [-0.05, 0) is 37.8 Å². The number of fused-ring (bicyclic) bond motifs is 1. The lowest BCUT2D eigenvalue weighted by Crippen LogP contribution is -2.48. The Balaban J connectivity index is 1.39. The average molecular weight is 372 g/mol. The van der Waals surface area contributed by atoms with Gasteiger partial charge in [-0.3, -0.25) is 9.58 Å². The summed E-state index contributed by atoms with van der Waals surface area (Å²) in [5, 5.41) is 5.40. The number of nitrogens with two attached hydrogens (primary N) is 1. The van der Waals surface area contributed by atoms with Gasteiger partial charge in [-0.25, -0.2) is 4.98 Å². The van der Waals surface area contributed by atoms with Crippen LogP contribution in [0, 0.1) is 11.8 Å². The minimum atomic E-state index is 0.326. The molecule has 7 rings (SSSR count). The van der Waals surface area contributed by atoms with Crippen molar-refractivity contribution in [2.45, 2.75) is 37.4 Å². The van der Waals surface area contributed by atoms with E-state index in [2.05, 4.69) is 34.5 Å². The zero-order valence-electron chi connectivity index (χ0n) is 14.9. The summed E-state index contributed by atoms with van der Waals surface area (Å²) >= 11 is 6.18. The van der Waals surface area contributed by atoms with Gasteiger partial charge in [0.2, 0.25) is 0 Å². The van der Waals surface area contributed by atoms with Crippen LogP contribution in [0.1, 0.15) is 25.6 Å². The molecule has 2 aliphatic carbocycles. The topological polar surface area (TPSA) is 69.2 Å². The molecule has 2 aromatic rings.